The molecule has 1 aromatic carbocycles. The first-order valence-corrected chi connectivity index (χ1v) is 5.21. The zero-order valence-electron chi connectivity index (χ0n) is 8.86. The van der Waals surface area contributed by atoms with Crippen LogP contribution in [-0.2, 0) is 4.79 Å². The standard InChI is InChI=1S/C13H15NO/c1-9-8-12(9)13(15)14-10(2)11-6-4-3-5-7-11/h3-7,10,12H,1,8H2,2H3,(H,14,15). The quantitative estimate of drug-likeness (QED) is 0.748. The van der Waals surface area contributed by atoms with Gasteiger partial charge in [-0.05, 0) is 18.9 Å². The first kappa shape index (κ1) is 9.97. The van der Waals surface area contributed by atoms with Gasteiger partial charge in [-0.15, -0.1) is 0 Å². The molecule has 0 spiro atoms. The van der Waals surface area contributed by atoms with Gasteiger partial charge in [-0.25, -0.2) is 0 Å². The molecular formula is C13H15NO. The summed E-state index contributed by atoms with van der Waals surface area (Å²) in [6.07, 6.45) is 0.855. The summed E-state index contributed by atoms with van der Waals surface area (Å²) in [7, 11) is 0. The maximum absolute atomic E-state index is 11.6. The molecule has 2 nitrogen and oxygen atoms in total. The highest BCUT2D eigenvalue weighted by atomic mass is 16.2. The first-order valence-electron chi connectivity index (χ1n) is 5.21. The third kappa shape index (κ3) is 2.27. The fourth-order valence-electron chi connectivity index (χ4n) is 1.62. The van der Waals surface area contributed by atoms with E-state index in [4.69, 9.17) is 0 Å². The number of hydrogen-bond donors (Lipinski definition) is 1. The highest BCUT2D eigenvalue weighted by Crippen LogP contribution is 2.36. The third-order valence-electron chi connectivity index (χ3n) is 2.77. The van der Waals surface area contributed by atoms with Crippen molar-refractivity contribution >= 4 is 5.91 Å². The molecule has 0 aromatic heterocycles. The van der Waals surface area contributed by atoms with Gasteiger partial charge in [-0.2, -0.15) is 0 Å². The van der Waals surface area contributed by atoms with E-state index >= 15 is 0 Å². The van der Waals surface area contributed by atoms with Gasteiger partial charge in [-0.3, -0.25) is 4.79 Å². The number of benzene rings is 1. The summed E-state index contributed by atoms with van der Waals surface area (Å²) in [5, 5.41) is 2.99. The molecule has 0 radical (unpaired) electrons. The zero-order valence-corrected chi connectivity index (χ0v) is 8.86. The van der Waals surface area contributed by atoms with Crippen LogP contribution in [-0.4, -0.2) is 5.91 Å². The molecular weight excluding hydrogens is 186 g/mol. The SMILES string of the molecule is C=C1CC1C(=O)NC(C)c1ccccc1. The smallest absolute Gasteiger partial charge is 0.227 e. The average molecular weight is 201 g/mol. The van der Waals surface area contributed by atoms with Crippen LogP contribution in [0.4, 0.5) is 0 Å². The second kappa shape index (κ2) is 3.89. The molecule has 0 aliphatic heterocycles. The highest BCUT2D eigenvalue weighted by Gasteiger charge is 2.35. The molecule has 2 rings (SSSR count). The van der Waals surface area contributed by atoms with Gasteiger partial charge in [0.05, 0.1) is 12.0 Å². The minimum absolute atomic E-state index is 0.0659. The topological polar surface area (TPSA) is 29.1 Å². The molecule has 1 amide bonds. The molecule has 1 N–H and O–H groups in total. The molecule has 2 unspecified atom stereocenters. The van der Waals surface area contributed by atoms with Gasteiger partial charge in [0.25, 0.3) is 0 Å². The molecule has 1 aromatic rings. The fourth-order valence-corrected chi connectivity index (χ4v) is 1.62. The Labute approximate surface area is 90.0 Å². The molecule has 1 fully saturated rings. The van der Waals surface area contributed by atoms with Gasteiger partial charge in [0, 0.05) is 0 Å². The Bertz CT molecular complexity index is 383. The largest absolute Gasteiger partial charge is 0.349 e. The molecule has 1 aliphatic rings. The number of amides is 1. The molecule has 2 heteroatoms. The Balaban J connectivity index is 1.95. The lowest BCUT2D eigenvalue weighted by Gasteiger charge is -2.13. The summed E-state index contributed by atoms with van der Waals surface area (Å²) in [6, 6.07) is 10.1. The molecule has 0 saturated heterocycles. The lowest BCUT2D eigenvalue weighted by Crippen LogP contribution is -2.27. The van der Waals surface area contributed by atoms with Crippen molar-refractivity contribution < 1.29 is 4.79 Å². The number of nitrogens with one attached hydrogen (secondary N) is 1. The lowest BCUT2D eigenvalue weighted by atomic mass is 10.1. The third-order valence-corrected chi connectivity index (χ3v) is 2.77. The molecule has 15 heavy (non-hydrogen) atoms. The predicted molar refractivity (Wildman–Crippen MR) is 60.2 cm³/mol. The van der Waals surface area contributed by atoms with Gasteiger partial charge in [0.2, 0.25) is 5.91 Å². The van der Waals surface area contributed by atoms with Crippen molar-refractivity contribution in [3.8, 4) is 0 Å². The van der Waals surface area contributed by atoms with Gasteiger partial charge in [-0.1, -0.05) is 42.5 Å². The number of carbonyl (C=O) groups is 1. The monoisotopic (exact) mass is 201 g/mol. The Hall–Kier alpha value is -1.57. The number of carbonyl (C=O) groups excluding carboxylic acids is 1. The number of rotatable bonds is 3. The second-order valence-corrected chi connectivity index (χ2v) is 4.06. The van der Waals surface area contributed by atoms with E-state index in [1.807, 2.05) is 37.3 Å². The summed E-state index contributed by atoms with van der Waals surface area (Å²) in [5.41, 5.74) is 2.19. The van der Waals surface area contributed by atoms with Crippen molar-refractivity contribution in [1.82, 2.24) is 5.32 Å². The van der Waals surface area contributed by atoms with Crippen molar-refractivity contribution in [2.75, 3.05) is 0 Å². The Morgan fingerprint density at radius 1 is 1.47 bits per heavy atom. The van der Waals surface area contributed by atoms with E-state index in [0.29, 0.717) is 0 Å². The summed E-state index contributed by atoms with van der Waals surface area (Å²) >= 11 is 0. The summed E-state index contributed by atoms with van der Waals surface area (Å²) in [6.45, 7) is 5.79. The molecule has 78 valence electrons. The van der Waals surface area contributed by atoms with E-state index in [-0.39, 0.29) is 17.9 Å². The van der Waals surface area contributed by atoms with Crippen molar-refractivity contribution in [2.45, 2.75) is 19.4 Å². The van der Waals surface area contributed by atoms with Crippen LogP contribution in [0.2, 0.25) is 0 Å². The summed E-state index contributed by atoms with van der Waals surface area (Å²) in [4.78, 5) is 11.6. The van der Waals surface area contributed by atoms with Crippen molar-refractivity contribution in [3.63, 3.8) is 0 Å². The zero-order chi connectivity index (χ0) is 10.8. The lowest BCUT2D eigenvalue weighted by molar-refractivity contribution is -0.122. The van der Waals surface area contributed by atoms with Crippen molar-refractivity contribution in [1.29, 1.82) is 0 Å². The van der Waals surface area contributed by atoms with Crippen molar-refractivity contribution in [3.05, 3.63) is 48.0 Å². The van der Waals surface area contributed by atoms with Gasteiger partial charge in [0.1, 0.15) is 0 Å². The van der Waals surface area contributed by atoms with Crippen LogP contribution >= 0.6 is 0 Å². The van der Waals surface area contributed by atoms with Crippen LogP contribution in [0.5, 0.6) is 0 Å². The van der Waals surface area contributed by atoms with Crippen molar-refractivity contribution in [2.24, 2.45) is 5.92 Å². The summed E-state index contributed by atoms with van der Waals surface area (Å²) in [5.74, 6) is 0.174. The van der Waals surface area contributed by atoms with E-state index in [1.165, 1.54) is 0 Å². The maximum atomic E-state index is 11.6. The van der Waals surface area contributed by atoms with Crippen LogP contribution in [0.25, 0.3) is 0 Å². The predicted octanol–water partition coefficient (Wildman–Crippen LogP) is 2.44. The molecule has 2 atom stereocenters. The van der Waals surface area contributed by atoms with E-state index in [0.717, 1.165) is 17.6 Å². The van der Waals surface area contributed by atoms with Crippen LogP contribution in [0, 0.1) is 5.92 Å². The van der Waals surface area contributed by atoms with E-state index in [1.54, 1.807) is 0 Å². The van der Waals surface area contributed by atoms with E-state index in [9.17, 15) is 4.79 Å². The summed E-state index contributed by atoms with van der Waals surface area (Å²) < 4.78 is 0. The first-order chi connectivity index (χ1) is 7.18. The van der Waals surface area contributed by atoms with Crippen LogP contribution in [0.3, 0.4) is 0 Å². The molecule has 1 aliphatic carbocycles. The van der Waals surface area contributed by atoms with Gasteiger partial charge < -0.3 is 5.32 Å². The number of hydrogen-bond acceptors (Lipinski definition) is 1. The van der Waals surface area contributed by atoms with E-state index in [2.05, 4.69) is 11.9 Å². The Morgan fingerprint density at radius 2 is 2.07 bits per heavy atom. The molecule has 0 heterocycles. The second-order valence-electron chi connectivity index (χ2n) is 4.06. The van der Waals surface area contributed by atoms with E-state index < -0.39 is 0 Å². The average Bonchev–Trinajstić information content (AvgIpc) is 2.97. The Kier molecular flexibility index (Phi) is 2.58. The van der Waals surface area contributed by atoms with Gasteiger partial charge >= 0.3 is 0 Å². The van der Waals surface area contributed by atoms with Crippen LogP contribution < -0.4 is 5.32 Å². The molecule has 0 bridgehead atoms. The van der Waals surface area contributed by atoms with Gasteiger partial charge in [0.15, 0.2) is 0 Å². The van der Waals surface area contributed by atoms with Crippen LogP contribution in [0.15, 0.2) is 42.5 Å². The highest BCUT2D eigenvalue weighted by molar-refractivity contribution is 5.86. The molecule has 1 saturated carbocycles. The minimum atomic E-state index is 0.0659. The Morgan fingerprint density at radius 3 is 2.60 bits per heavy atom. The maximum Gasteiger partial charge on any atom is 0.227 e. The van der Waals surface area contributed by atoms with Crippen LogP contribution in [0.1, 0.15) is 24.9 Å². The normalized spacial score (nSPS) is 20.9. The fraction of sp³-hybridized carbons (Fsp3) is 0.308. The minimum Gasteiger partial charge on any atom is -0.349 e.